The predicted molar refractivity (Wildman–Crippen MR) is 88.1 cm³/mol. The molecule has 0 bridgehead atoms. The van der Waals surface area contributed by atoms with Gasteiger partial charge in [-0.15, -0.1) is 0 Å². The molecule has 0 spiro atoms. The lowest BCUT2D eigenvalue weighted by Gasteiger charge is -2.25. The molecule has 0 saturated carbocycles. The maximum absolute atomic E-state index is 11.8. The minimum Gasteiger partial charge on any atom is -0.356 e. The molecule has 1 fully saturated rings. The second-order valence-corrected chi connectivity index (χ2v) is 6.33. The molecule has 21 heavy (non-hydrogen) atoms. The number of nitrogens with one attached hydrogen (secondary N) is 1. The van der Waals surface area contributed by atoms with Crippen LogP contribution in [0.2, 0.25) is 10.0 Å². The summed E-state index contributed by atoms with van der Waals surface area (Å²) in [5, 5.41) is 4.25. The quantitative estimate of drug-likeness (QED) is 0.866. The second kappa shape index (κ2) is 8.62. The third kappa shape index (κ3) is 5.85. The van der Waals surface area contributed by atoms with Gasteiger partial charge < -0.3 is 10.2 Å². The minimum atomic E-state index is 0.116. The van der Waals surface area contributed by atoms with Crippen LogP contribution >= 0.6 is 23.2 Å². The van der Waals surface area contributed by atoms with Gasteiger partial charge in [0.05, 0.1) is 0 Å². The molecule has 0 atom stereocenters. The van der Waals surface area contributed by atoms with Gasteiger partial charge in [-0.3, -0.25) is 4.79 Å². The summed E-state index contributed by atoms with van der Waals surface area (Å²) < 4.78 is 0. The molecule has 2 rings (SSSR count). The number of carbonyl (C=O) groups is 1. The largest absolute Gasteiger partial charge is 0.356 e. The Morgan fingerprint density at radius 1 is 1.19 bits per heavy atom. The summed E-state index contributed by atoms with van der Waals surface area (Å²) in [6.07, 6.45) is 5.15. The highest BCUT2D eigenvalue weighted by Crippen LogP contribution is 2.21. The number of carbonyl (C=O) groups excluding carboxylic acids is 1. The molecule has 1 amide bonds. The van der Waals surface area contributed by atoms with Crippen molar-refractivity contribution in [2.45, 2.75) is 32.1 Å². The van der Waals surface area contributed by atoms with E-state index in [1.54, 1.807) is 6.07 Å². The molecule has 1 aromatic rings. The van der Waals surface area contributed by atoms with Crippen LogP contribution in [0.4, 0.5) is 0 Å². The van der Waals surface area contributed by atoms with Gasteiger partial charge in [0.2, 0.25) is 5.91 Å². The second-order valence-electron chi connectivity index (χ2n) is 5.49. The Balaban J connectivity index is 1.64. The summed E-state index contributed by atoms with van der Waals surface area (Å²) in [5.41, 5.74) is 1.01. The Labute approximate surface area is 136 Å². The van der Waals surface area contributed by atoms with Crippen molar-refractivity contribution in [3.63, 3.8) is 0 Å². The maximum Gasteiger partial charge on any atom is 0.221 e. The zero-order chi connectivity index (χ0) is 15.1. The molecular formula is C16H22Cl2N2O. The van der Waals surface area contributed by atoms with E-state index in [9.17, 15) is 4.79 Å². The first-order chi connectivity index (χ1) is 10.1. The topological polar surface area (TPSA) is 32.3 Å². The number of hydrogen-bond donors (Lipinski definition) is 1. The average Bonchev–Trinajstić information content (AvgIpc) is 2.48. The fourth-order valence-corrected chi connectivity index (χ4v) is 3.10. The zero-order valence-electron chi connectivity index (χ0n) is 12.2. The monoisotopic (exact) mass is 328 g/mol. The van der Waals surface area contributed by atoms with Crippen molar-refractivity contribution in [1.29, 1.82) is 0 Å². The third-order valence-electron chi connectivity index (χ3n) is 3.84. The molecule has 0 radical (unpaired) electrons. The number of piperidine rings is 1. The molecule has 1 saturated heterocycles. The van der Waals surface area contributed by atoms with E-state index in [2.05, 4.69) is 10.2 Å². The number of nitrogens with zero attached hydrogens (tertiary/aromatic N) is 1. The van der Waals surface area contributed by atoms with Crippen molar-refractivity contribution in [3.05, 3.63) is 33.8 Å². The lowest BCUT2D eigenvalue weighted by molar-refractivity contribution is -0.121. The number of hydrogen-bond acceptors (Lipinski definition) is 2. The van der Waals surface area contributed by atoms with E-state index in [0.29, 0.717) is 23.0 Å². The summed E-state index contributed by atoms with van der Waals surface area (Å²) in [6.45, 7) is 3.75. The molecule has 5 heteroatoms. The van der Waals surface area contributed by atoms with Crippen LogP contribution in [0.5, 0.6) is 0 Å². The standard InChI is InChI=1S/C16H22Cl2N2O/c17-14-5-4-13(15(18)12-14)6-8-19-16(21)7-11-20-9-2-1-3-10-20/h4-5,12H,1-3,6-11H2,(H,19,21). The summed E-state index contributed by atoms with van der Waals surface area (Å²) in [6, 6.07) is 5.46. The van der Waals surface area contributed by atoms with Gasteiger partial charge >= 0.3 is 0 Å². The fraction of sp³-hybridized carbons (Fsp3) is 0.562. The summed E-state index contributed by atoms with van der Waals surface area (Å²) in [5.74, 6) is 0.116. The van der Waals surface area contributed by atoms with Gasteiger partial charge in [-0.25, -0.2) is 0 Å². The number of benzene rings is 1. The van der Waals surface area contributed by atoms with Crippen molar-refractivity contribution in [2.24, 2.45) is 0 Å². The molecule has 0 aromatic heterocycles. The van der Waals surface area contributed by atoms with Gasteiger partial charge in [-0.2, -0.15) is 0 Å². The minimum absolute atomic E-state index is 0.116. The number of amides is 1. The van der Waals surface area contributed by atoms with Crippen molar-refractivity contribution in [2.75, 3.05) is 26.2 Å². The van der Waals surface area contributed by atoms with Gasteiger partial charge in [-0.1, -0.05) is 35.7 Å². The van der Waals surface area contributed by atoms with Crippen LogP contribution in [0.25, 0.3) is 0 Å². The Hall–Kier alpha value is -0.770. The van der Waals surface area contributed by atoms with Gasteiger partial charge in [0, 0.05) is 29.6 Å². The molecule has 3 nitrogen and oxygen atoms in total. The average molecular weight is 329 g/mol. The SMILES string of the molecule is O=C(CCN1CCCCC1)NCCc1ccc(Cl)cc1Cl. The van der Waals surface area contributed by atoms with Gasteiger partial charge in [0.1, 0.15) is 0 Å². The van der Waals surface area contributed by atoms with Crippen LogP contribution in [0.15, 0.2) is 18.2 Å². The molecule has 1 heterocycles. The van der Waals surface area contributed by atoms with E-state index in [1.165, 1.54) is 19.3 Å². The van der Waals surface area contributed by atoms with Crippen molar-refractivity contribution < 1.29 is 4.79 Å². The Bertz CT molecular complexity index is 473. The predicted octanol–water partition coefficient (Wildman–Crippen LogP) is 3.53. The first kappa shape index (κ1) is 16.6. The van der Waals surface area contributed by atoms with Crippen molar-refractivity contribution >= 4 is 29.1 Å². The Morgan fingerprint density at radius 2 is 1.95 bits per heavy atom. The summed E-state index contributed by atoms with van der Waals surface area (Å²) in [7, 11) is 0. The van der Waals surface area contributed by atoms with Gasteiger partial charge in [0.25, 0.3) is 0 Å². The number of likely N-dealkylation sites (tertiary alicyclic amines) is 1. The maximum atomic E-state index is 11.8. The van der Waals surface area contributed by atoms with E-state index in [4.69, 9.17) is 23.2 Å². The van der Waals surface area contributed by atoms with Crippen LogP contribution in [0.3, 0.4) is 0 Å². The number of halogens is 2. The van der Waals surface area contributed by atoms with Crippen molar-refractivity contribution in [3.8, 4) is 0 Å². The Morgan fingerprint density at radius 3 is 2.67 bits per heavy atom. The first-order valence-electron chi connectivity index (χ1n) is 7.58. The lowest BCUT2D eigenvalue weighted by Crippen LogP contribution is -2.34. The van der Waals surface area contributed by atoms with Crippen LogP contribution < -0.4 is 5.32 Å². The molecule has 1 aliphatic rings. The first-order valence-corrected chi connectivity index (χ1v) is 8.34. The molecular weight excluding hydrogens is 307 g/mol. The molecule has 0 aliphatic carbocycles. The molecule has 116 valence electrons. The lowest BCUT2D eigenvalue weighted by atomic mass is 10.1. The highest BCUT2D eigenvalue weighted by molar-refractivity contribution is 6.35. The van der Waals surface area contributed by atoms with E-state index in [0.717, 1.165) is 31.6 Å². The molecule has 0 unspecified atom stereocenters. The highest BCUT2D eigenvalue weighted by Gasteiger charge is 2.11. The number of rotatable bonds is 6. The van der Waals surface area contributed by atoms with Gasteiger partial charge in [0.15, 0.2) is 0 Å². The summed E-state index contributed by atoms with van der Waals surface area (Å²) >= 11 is 12.0. The van der Waals surface area contributed by atoms with Crippen LogP contribution in [0, 0.1) is 0 Å². The van der Waals surface area contributed by atoms with E-state index >= 15 is 0 Å². The molecule has 1 aromatic carbocycles. The van der Waals surface area contributed by atoms with Crippen LogP contribution in [0.1, 0.15) is 31.2 Å². The normalized spacial score (nSPS) is 15.9. The Kier molecular flexibility index (Phi) is 6.81. The molecule has 1 aliphatic heterocycles. The van der Waals surface area contributed by atoms with Gasteiger partial charge in [-0.05, 0) is 50.0 Å². The van der Waals surface area contributed by atoms with E-state index in [-0.39, 0.29) is 5.91 Å². The van der Waals surface area contributed by atoms with E-state index < -0.39 is 0 Å². The highest BCUT2D eigenvalue weighted by atomic mass is 35.5. The molecule has 1 N–H and O–H groups in total. The zero-order valence-corrected chi connectivity index (χ0v) is 13.7. The summed E-state index contributed by atoms with van der Waals surface area (Å²) in [4.78, 5) is 14.2. The van der Waals surface area contributed by atoms with E-state index in [1.807, 2.05) is 12.1 Å². The van der Waals surface area contributed by atoms with Crippen LogP contribution in [-0.2, 0) is 11.2 Å². The fourth-order valence-electron chi connectivity index (χ4n) is 2.59. The third-order valence-corrected chi connectivity index (χ3v) is 4.42. The smallest absolute Gasteiger partial charge is 0.221 e. The van der Waals surface area contributed by atoms with Crippen molar-refractivity contribution in [1.82, 2.24) is 10.2 Å². The van der Waals surface area contributed by atoms with Crippen LogP contribution in [-0.4, -0.2) is 37.0 Å².